The standard InChI is InChI=1S/C13H27N7/c1-13(2,20-8-6-4-5-7-9-20)11(15-14)10-12-16-18-19(3)17-12/h11,15H,4-10,14H2,1-3H3. The fraction of sp³-hybridized carbons (Fsp3) is 0.923. The van der Waals surface area contributed by atoms with Crippen LogP contribution in [-0.4, -0.2) is 49.8 Å². The van der Waals surface area contributed by atoms with Gasteiger partial charge in [-0.15, -0.1) is 10.2 Å². The lowest BCUT2D eigenvalue weighted by atomic mass is 9.89. The molecule has 0 amide bonds. The van der Waals surface area contributed by atoms with Crippen LogP contribution in [-0.2, 0) is 13.5 Å². The van der Waals surface area contributed by atoms with Gasteiger partial charge in [0.1, 0.15) is 0 Å². The van der Waals surface area contributed by atoms with Crippen LogP contribution < -0.4 is 11.3 Å². The first-order chi connectivity index (χ1) is 9.54. The Morgan fingerprint density at radius 2 is 1.90 bits per heavy atom. The molecule has 1 atom stereocenters. The molecule has 1 saturated heterocycles. The predicted molar refractivity (Wildman–Crippen MR) is 77.7 cm³/mol. The zero-order chi connectivity index (χ0) is 14.6. The van der Waals surface area contributed by atoms with Crippen molar-refractivity contribution in [3.8, 4) is 0 Å². The Bertz CT molecular complexity index is 407. The molecule has 1 aromatic rings. The number of likely N-dealkylation sites (tertiary alicyclic amines) is 1. The molecular formula is C13H27N7. The molecule has 1 aliphatic rings. The van der Waals surface area contributed by atoms with Gasteiger partial charge in [0.15, 0.2) is 5.82 Å². The number of aryl methyl sites for hydroxylation is 1. The molecule has 0 aliphatic carbocycles. The molecule has 2 heterocycles. The summed E-state index contributed by atoms with van der Waals surface area (Å²) >= 11 is 0. The van der Waals surface area contributed by atoms with Crippen molar-refractivity contribution in [2.45, 2.75) is 57.5 Å². The van der Waals surface area contributed by atoms with Crippen molar-refractivity contribution in [2.24, 2.45) is 12.9 Å². The van der Waals surface area contributed by atoms with E-state index in [1.807, 2.05) is 0 Å². The number of tetrazole rings is 1. The summed E-state index contributed by atoms with van der Waals surface area (Å²) in [7, 11) is 1.78. The van der Waals surface area contributed by atoms with E-state index in [1.54, 1.807) is 7.05 Å². The quantitative estimate of drug-likeness (QED) is 0.594. The zero-order valence-electron chi connectivity index (χ0n) is 12.8. The lowest BCUT2D eigenvalue weighted by Crippen LogP contribution is -2.60. The Hall–Kier alpha value is -1.05. The fourth-order valence-electron chi connectivity index (χ4n) is 2.97. The molecule has 2 rings (SSSR count). The van der Waals surface area contributed by atoms with Crippen LogP contribution >= 0.6 is 0 Å². The summed E-state index contributed by atoms with van der Waals surface area (Å²) in [5.74, 6) is 6.53. The van der Waals surface area contributed by atoms with E-state index in [9.17, 15) is 0 Å². The zero-order valence-corrected chi connectivity index (χ0v) is 12.8. The Kier molecular flexibility index (Phi) is 5.06. The molecule has 7 heteroatoms. The van der Waals surface area contributed by atoms with Crippen molar-refractivity contribution >= 4 is 0 Å². The highest BCUT2D eigenvalue weighted by Crippen LogP contribution is 2.24. The van der Waals surface area contributed by atoms with Crippen molar-refractivity contribution in [1.82, 2.24) is 30.5 Å². The van der Waals surface area contributed by atoms with Gasteiger partial charge in [0.2, 0.25) is 0 Å². The first kappa shape index (κ1) is 15.3. The molecule has 20 heavy (non-hydrogen) atoms. The summed E-state index contributed by atoms with van der Waals surface area (Å²) in [6.07, 6.45) is 5.89. The third-order valence-electron chi connectivity index (χ3n) is 4.41. The first-order valence-electron chi connectivity index (χ1n) is 7.48. The van der Waals surface area contributed by atoms with E-state index in [4.69, 9.17) is 5.84 Å². The molecule has 1 aliphatic heterocycles. The number of nitrogens with one attached hydrogen (secondary N) is 1. The Morgan fingerprint density at radius 3 is 2.40 bits per heavy atom. The molecule has 7 nitrogen and oxygen atoms in total. The lowest BCUT2D eigenvalue weighted by molar-refractivity contribution is 0.0827. The van der Waals surface area contributed by atoms with Crippen LogP contribution in [0.15, 0.2) is 0 Å². The fourth-order valence-corrected chi connectivity index (χ4v) is 2.97. The Labute approximate surface area is 120 Å². The maximum atomic E-state index is 5.80. The minimum absolute atomic E-state index is 0.0295. The van der Waals surface area contributed by atoms with E-state index in [0.717, 1.165) is 18.9 Å². The maximum Gasteiger partial charge on any atom is 0.176 e. The van der Waals surface area contributed by atoms with Crippen LogP contribution in [0.4, 0.5) is 0 Å². The number of nitrogens with zero attached hydrogens (tertiary/aromatic N) is 5. The molecular weight excluding hydrogens is 254 g/mol. The molecule has 1 unspecified atom stereocenters. The minimum atomic E-state index is -0.0295. The van der Waals surface area contributed by atoms with Gasteiger partial charge in [-0.3, -0.25) is 16.2 Å². The summed E-state index contributed by atoms with van der Waals surface area (Å²) in [6, 6.07) is 0.102. The maximum absolute atomic E-state index is 5.80. The number of nitrogens with two attached hydrogens (primary N) is 1. The molecule has 1 aromatic heterocycles. The largest absolute Gasteiger partial charge is 0.297 e. The predicted octanol–water partition coefficient (Wildman–Crippen LogP) is 0.239. The van der Waals surface area contributed by atoms with Crippen LogP contribution in [0.2, 0.25) is 0 Å². The van der Waals surface area contributed by atoms with Crippen LogP contribution in [0, 0.1) is 0 Å². The van der Waals surface area contributed by atoms with Gasteiger partial charge in [-0.2, -0.15) is 4.80 Å². The van der Waals surface area contributed by atoms with Gasteiger partial charge < -0.3 is 0 Å². The Balaban J connectivity index is 2.07. The van der Waals surface area contributed by atoms with Gasteiger partial charge in [0, 0.05) is 18.0 Å². The average Bonchev–Trinajstić information content (AvgIpc) is 2.68. The molecule has 0 saturated carbocycles. The lowest BCUT2D eigenvalue weighted by Gasteiger charge is -2.43. The van der Waals surface area contributed by atoms with Crippen LogP contribution in [0.25, 0.3) is 0 Å². The van der Waals surface area contributed by atoms with Gasteiger partial charge in [-0.25, -0.2) is 0 Å². The van der Waals surface area contributed by atoms with E-state index >= 15 is 0 Å². The van der Waals surface area contributed by atoms with E-state index in [1.165, 1.54) is 30.5 Å². The number of hydrogen-bond donors (Lipinski definition) is 2. The monoisotopic (exact) mass is 281 g/mol. The van der Waals surface area contributed by atoms with Crippen molar-refractivity contribution in [3.63, 3.8) is 0 Å². The molecule has 114 valence electrons. The highest BCUT2D eigenvalue weighted by Gasteiger charge is 2.35. The molecule has 0 aromatic carbocycles. The van der Waals surface area contributed by atoms with Crippen LogP contribution in [0.5, 0.6) is 0 Å². The van der Waals surface area contributed by atoms with Crippen molar-refractivity contribution in [1.29, 1.82) is 0 Å². The highest BCUT2D eigenvalue weighted by atomic mass is 15.6. The van der Waals surface area contributed by atoms with Gasteiger partial charge in [-0.1, -0.05) is 12.8 Å². The van der Waals surface area contributed by atoms with Crippen LogP contribution in [0.3, 0.4) is 0 Å². The van der Waals surface area contributed by atoms with Gasteiger partial charge in [0.05, 0.1) is 7.05 Å². The first-order valence-corrected chi connectivity index (χ1v) is 7.48. The number of aromatic nitrogens is 4. The molecule has 0 radical (unpaired) electrons. The third kappa shape index (κ3) is 3.53. The third-order valence-corrected chi connectivity index (χ3v) is 4.41. The SMILES string of the molecule is Cn1nnc(CC(NN)C(C)(C)N2CCCCCC2)n1. The second-order valence-corrected chi connectivity index (χ2v) is 6.17. The number of rotatable bonds is 5. The molecule has 3 N–H and O–H groups in total. The molecule has 0 bridgehead atoms. The van der Waals surface area contributed by atoms with E-state index in [0.29, 0.717) is 6.42 Å². The summed E-state index contributed by atoms with van der Waals surface area (Å²) < 4.78 is 0. The van der Waals surface area contributed by atoms with Gasteiger partial charge >= 0.3 is 0 Å². The average molecular weight is 281 g/mol. The summed E-state index contributed by atoms with van der Waals surface area (Å²) in [4.78, 5) is 4.03. The highest BCUT2D eigenvalue weighted by molar-refractivity contribution is 4.98. The summed E-state index contributed by atoms with van der Waals surface area (Å²) in [5, 5.41) is 12.2. The summed E-state index contributed by atoms with van der Waals surface area (Å²) in [5.41, 5.74) is 2.93. The van der Waals surface area contributed by atoms with Crippen molar-refractivity contribution in [2.75, 3.05) is 13.1 Å². The normalized spacial score (nSPS) is 19.8. The second kappa shape index (κ2) is 6.60. The van der Waals surface area contributed by atoms with Gasteiger partial charge in [0.25, 0.3) is 0 Å². The van der Waals surface area contributed by atoms with Crippen LogP contribution in [0.1, 0.15) is 45.4 Å². The minimum Gasteiger partial charge on any atom is -0.297 e. The van der Waals surface area contributed by atoms with E-state index < -0.39 is 0 Å². The molecule has 0 spiro atoms. The number of hydrazine groups is 1. The topological polar surface area (TPSA) is 84.9 Å². The van der Waals surface area contributed by atoms with E-state index in [-0.39, 0.29) is 11.6 Å². The molecule has 1 fully saturated rings. The van der Waals surface area contributed by atoms with Crippen molar-refractivity contribution in [3.05, 3.63) is 5.82 Å². The summed E-state index contributed by atoms with van der Waals surface area (Å²) in [6.45, 7) is 6.77. The van der Waals surface area contributed by atoms with Crippen molar-refractivity contribution < 1.29 is 0 Å². The van der Waals surface area contributed by atoms with E-state index in [2.05, 4.69) is 39.6 Å². The Morgan fingerprint density at radius 1 is 1.25 bits per heavy atom. The number of hydrogen-bond acceptors (Lipinski definition) is 6. The second-order valence-electron chi connectivity index (χ2n) is 6.17. The van der Waals surface area contributed by atoms with Gasteiger partial charge in [-0.05, 0) is 45.0 Å². The smallest absolute Gasteiger partial charge is 0.176 e.